The van der Waals surface area contributed by atoms with E-state index in [1.807, 2.05) is 6.07 Å². The van der Waals surface area contributed by atoms with Gasteiger partial charge in [0.15, 0.2) is 0 Å². The smallest absolute Gasteiger partial charge is 0.0715 e. The Bertz CT molecular complexity index is 1740. The van der Waals surface area contributed by atoms with Gasteiger partial charge in [0.2, 0.25) is 0 Å². The lowest BCUT2D eigenvalue weighted by atomic mass is 9.81. The number of hydrogen-bond donors (Lipinski definition) is 0. The van der Waals surface area contributed by atoms with Crippen LogP contribution < -0.4 is 0 Å². The normalized spacial score (nSPS) is 13.1. The molecule has 0 fully saturated rings. The van der Waals surface area contributed by atoms with Crippen LogP contribution in [0.1, 0.15) is 25.0 Å². The first-order valence-electron chi connectivity index (χ1n) is 13.6. The molecule has 186 valence electrons. The van der Waals surface area contributed by atoms with E-state index in [1.165, 1.54) is 44.5 Å². The summed E-state index contributed by atoms with van der Waals surface area (Å²) in [5.74, 6) is 0. The molecule has 0 saturated carbocycles. The Balaban J connectivity index is 1.28. The molecular formula is C38H29N. The van der Waals surface area contributed by atoms with Crippen molar-refractivity contribution < 1.29 is 0 Å². The summed E-state index contributed by atoms with van der Waals surface area (Å²) in [4.78, 5) is 5.09. The third-order valence-electron chi connectivity index (χ3n) is 8.10. The van der Waals surface area contributed by atoms with Crippen molar-refractivity contribution in [3.8, 4) is 55.9 Å². The van der Waals surface area contributed by atoms with Crippen LogP contribution in [0.3, 0.4) is 0 Å². The van der Waals surface area contributed by atoms with Crippen molar-refractivity contribution >= 4 is 0 Å². The van der Waals surface area contributed by atoms with Gasteiger partial charge in [-0.25, -0.2) is 4.98 Å². The van der Waals surface area contributed by atoms with Crippen molar-refractivity contribution in [2.75, 3.05) is 0 Å². The van der Waals surface area contributed by atoms with Gasteiger partial charge in [0.25, 0.3) is 0 Å². The van der Waals surface area contributed by atoms with Crippen molar-refractivity contribution in [3.05, 3.63) is 151 Å². The molecule has 0 saturated heterocycles. The molecule has 39 heavy (non-hydrogen) atoms. The molecule has 0 N–H and O–H groups in total. The summed E-state index contributed by atoms with van der Waals surface area (Å²) in [7, 11) is 0. The molecule has 1 heteroatoms. The van der Waals surface area contributed by atoms with Gasteiger partial charge in [-0.3, -0.25) is 0 Å². The van der Waals surface area contributed by atoms with Crippen LogP contribution in [0, 0.1) is 0 Å². The van der Waals surface area contributed by atoms with Crippen molar-refractivity contribution in [2.24, 2.45) is 0 Å². The average Bonchev–Trinajstić information content (AvgIpc) is 3.24. The van der Waals surface area contributed by atoms with Gasteiger partial charge in [-0.15, -0.1) is 0 Å². The first kappa shape index (κ1) is 23.4. The number of aromatic nitrogens is 1. The summed E-state index contributed by atoms with van der Waals surface area (Å²) < 4.78 is 0. The van der Waals surface area contributed by atoms with Crippen molar-refractivity contribution in [1.82, 2.24) is 4.98 Å². The summed E-state index contributed by atoms with van der Waals surface area (Å²) in [6.07, 6.45) is 0. The van der Waals surface area contributed by atoms with E-state index in [1.54, 1.807) is 0 Å². The molecule has 1 aliphatic rings. The van der Waals surface area contributed by atoms with Crippen LogP contribution in [0.15, 0.2) is 140 Å². The van der Waals surface area contributed by atoms with Crippen molar-refractivity contribution in [1.29, 1.82) is 0 Å². The van der Waals surface area contributed by atoms with E-state index in [0.717, 1.165) is 22.5 Å². The summed E-state index contributed by atoms with van der Waals surface area (Å²) >= 11 is 0. The monoisotopic (exact) mass is 499 g/mol. The maximum Gasteiger partial charge on any atom is 0.0715 e. The lowest BCUT2D eigenvalue weighted by molar-refractivity contribution is 0.660. The van der Waals surface area contributed by atoms with E-state index in [0.29, 0.717) is 0 Å². The number of rotatable bonds is 4. The maximum absolute atomic E-state index is 5.09. The van der Waals surface area contributed by atoms with Gasteiger partial charge in [0, 0.05) is 16.5 Å². The van der Waals surface area contributed by atoms with Crippen molar-refractivity contribution in [3.63, 3.8) is 0 Å². The van der Waals surface area contributed by atoms with Crippen LogP contribution in [-0.2, 0) is 5.41 Å². The SMILES string of the molecule is CC1(C)c2ccccc2-c2ccc(-c3ccc(-c4cc(-c5ccccc5)cc(-c5ccccc5)n4)cc3)cc21. The fourth-order valence-electron chi connectivity index (χ4n) is 5.95. The summed E-state index contributed by atoms with van der Waals surface area (Å²) in [6.45, 7) is 4.67. The van der Waals surface area contributed by atoms with E-state index in [-0.39, 0.29) is 5.41 Å². The predicted octanol–water partition coefficient (Wildman–Crippen LogP) is 10.1. The van der Waals surface area contributed by atoms with Crippen LogP contribution in [0.4, 0.5) is 0 Å². The highest BCUT2D eigenvalue weighted by Crippen LogP contribution is 2.49. The molecule has 7 rings (SSSR count). The second-order valence-corrected chi connectivity index (χ2v) is 10.9. The number of benzene rings is 5. The lowest BCUT2D eigenvalue weighted by Crippen LogP contribution is -2.14. The van der Waals surface area contributed by atoms with Crippen LogP contribution in [0.5, 0.6) is 0 Å². The molecule has 0 atom stereocenters. The number of pyridine rings is 1. The van der Waals surface area contributed by atoms with Crippen LogP contribution in [-0.4, -0.2) is 4.98 Å². The topological polar surface area (TPSA) is 12.9 Å². The number of nitrogens with zero attached hydrogens (tertiary/aromatic N) is 1. The zero-order valence-electron chi connectivity index (χ0n) is 22.2. The van der Waals surface area contributed by atoms with Gasteiger partial charge in [0.05, 0.1) is 11.4 Å². The Kier molecular flexibility index (Phi) is 5.52. The summed E-state index contributed by atoms with van der Waals surface area (Å²) in [6, 6.07) is 50.0. The molecular weight excluding hydrogens is 470 g/mol. The standard InChI is InChI=1S/C38H29N/c1-38(2)34-16-10-9-15-32(34)33-22-21-30(23-35(33)38)27-17-19-29(20-18-27)37-25-31(26-11-5-3-6-12-26)24-36(39-37)28-13-7-4-8-14-28/h3-25H,1-2H3. The Morgan fingerprint density at radius 3 is 1.56 bits per heavy atom. The number of hydrogen-bond acceptors (Lipinski definition) is 1. The Morgan fingerprint density at radius 2 is 0.872 bits per heavy atom. The maximum atomic E-state index is 5.09. The second kappa shape index (κ2) is 9.22. The van der Waals surface area contributed by atoms with E-state index >= 15 is 0 Å². The molecule has 0 aliphatic heterocycles. The third kappa shape index (κ3) is 4.08. The Labute approximate surface area is 230 Å². The summed E-state index contributed by atoms with van der Waals surface area (Å²) in [5, 5.41) is 0. The summed E-state index contributed by atoms with van der Waals surface area (Å²) in [5.41, 5.74) is 14.5. The van der Waals surface area contributed by atoms with E-state index in [4.69, 9.17) is 4.98 Å². The minimum Gasteiger partial charge on any atom is -0.248 e. The van der Waals surface area contributed by atoms with E-state index in [9.17, 15) is 0 Å². The fourth-order valence-corrected chi connectivity index (χ4v) is 5.95. The fraction of sp³-hybridized carbons (Fsp3) is 0.0789. The molecule has 0 amide bonds. The quantitative estimate of drug-likeness (QED) is 0.235. The average molecular weight is 500 g/mol. The first-order chi connectivity index (χ1) is 19.1. The van der Waals surface area contributed by atoms with Crippen LogP contribution in [0.2, 0.25) is 0 Å². The molecule has 0 spiro atoms. The van der Waals surface area contributed by atoms with Gasteiger partial charge < -0.3 is 0 Å². The molecule has 1 aromatic heterocycles. The molecule has 1 nitrogen and oxygen atoms in total. The first-order valence-corrected chi connectivity index (χ1v) is 13.6. The molecule has 0 bridgehead atoms. The van der Waals surface area contributed by atoms with Gasteiger partial charge in [-0.1, -0.05) is 135 Å². The minimum absolute atomic E-state index is 0.00247. The molecule has 1 heterocycles. The molecule has 0 radical (unpaired) electrons. The van der Waals surface area contributed by atoms with Gasteiger partial charge in [0.1, 0.15) is 0 Å². The lowest BCUT2D eigenvalue weighted by Gasteiger charge is -2.22. The van der Waals surface area contributed by atoms with Gasteiger partial charge in [-0.2, -0.15) is 0 Å². The van der Waals surface area contributed by atoms with Crippen LogP contribution >= 0.6 is 0 Å². The molecule has 0 unspecified atom stereocenters. The van der Waals surface area contributed by atoms with Gasteiger partial charge >= 0.3 is 0 Å². The zero-order chi connectivity index (χ0) is 26.4. The van der Waals surface area contributed by atoms with E-state index < -0.39 is 0 Å². The molecule has 5 aromatic carbocycles. The third-order valence-corrected chi connectivity index (χ3v) is 8.10. The van der Waals surface area contributed by atoms with Crippen LogP contribution in [0.25, 0.3) is 55.9 Å². The second-order valence-electron chi connectivity index (χ2n) is 10.9. The zero-order valence-corrected chi connectivity index (χ0v) is 22.2. The predicted molar refractivity (Wildman–Crippen MR) is 164 cm³/mol. The van der Waals surface area contributed by atoms with Crippen molar-refractivity contribution in [2.45, 2.75) is 19.3 Å². The Hall–Kier alpha value is -4.75. The highest BCUT2D eigenvalue weighted by molar-refractivity contribution is 5.84. The Morgan fingerprint density at radius 1 is 0.385 bits per heavy atom. The largest absolute Gasteiger partial charge is 0.248 e. The highest BCUT2D eigenvalue weighted by atomic mass is 14.7. The highest BCUT2D eigenvalue weighted by Gasteiger charge is 2.35. The molecule has 1 aliphatic carbocycles. The number of fused-ring (bicyclic) bond motifs is 3. The van der Waals surface area contributed by atoms with E-state index in [2.05, 4.69) is 147 Å². The minimum atomic E-state index is -0.00247. The van der Waals surface area contributed by atoms with Gasteiger partial charge in [-0.05, 0) is 62.7 Å². The molecule has 6 aromatic rings.